The summed E-state index contributed by atoms with van der Waals surface area (Å²) in [6, 6.07) is 10.8. The van der Waals surface area contributed by atoms with Crippen molar-refractivity contribution in [3.05, 3.63) is 53.9 Å². The normalized spacial score (nSPS) is 21.8. The first-order valence-electron chi connectivity index (χ1n) is 10.0. The lowest BCUT2D eigenvalue weighted by molar-refractivity contribution is -0.141. The number of aromatic nitrogens is 1. The molecule has 146 valence electrons. The van der Waals surface area contributed by atoms with Crippen molar-refractivity contribution < 1.29 is 13.2 Å². The zero-order valence-electron chi connectivity index (χ0n) is 16.1. The van der Waals surface area contributed by atoms with E-state index in [4.69, 9.17) is 0 Å². The number of benzene rings is 1. The van der Waals surface area contributed by atoms with E-state index in [1.165, 1.54) is 56.4 Å². The Bertz CT molecular complexity index is 711. The Morgan fingerprint density at radius 3 is 2.11 bits per heavy atom. The molecular weight excluding hydrogens is 347 g/mol. The van der Waals surface area contributed by atoms with E-state index in [2.05, 4.69) is 31.0 Å². The molecule has 1 nitrogen and oxygen atoms in total. The minimum absolute atomic E-state index is 0.521. The molecule has 0 saturated heterocycles. The monoisotopic (exact) mass is 375 g/mol. The topological polar surface area (TPSA) is 12.9 Å². The van der Waals surface area contributed by atoms with Crippen LogP contribution in [0.3, 0.4) is 0 Å². The predicted octanol–water partition coefficient (Wildman–Crippen LogP) is 7.48. The fourth-order valence-corrected chi connectivity index (χ4v) is 4.37. The summed E-state index contributed by atoms with van der Waals surface area (Å²) < 4.78 is 37.9. The van der Waals surface area contributed by atoms with Crippen LogP contribution in [0.1, 0.15) is 69.5 Å². The van der Waals surface area contributed by atoms with Crippen LogP contribution < -0.4 is 0 Å². The third-order valence-corrected chi connectivity index (χ3v) is 6.12. The minimum Gasteiger partial charge on any atom is -0.251 e. The Balaban J connectivity index is 1.65. The molecule has 0 spiro atoms. The summed E-state index contributed by atoms with van der Waals surface area (Å²) in [5.41, 5.74) is 2.08. The van der Waals surface area contributed by atoms with Gasteiger partial charge in [-0.05, 0) is 47.8 Å². The van der Waals surface area contributed by atoms with Crippen LogP contribution >= 0.6 is 0 Å². The van der Waals surface area contributed by atoms with Crippen LogP contribution in [0, 0.1) is 11.8 Å². The maximum absolute atomic E-state index is 12.6. The SMILES string of the molecule is CCCC1CCC(C(C)c2ccc(-c3ccc(C(F)(F)F)nc3)cc2)CC1. The Labute approximate surface area is 160 Å². The number of hydrogen-bond acceptors (Lipinski definition) is 1. The summed E-state index contributed by atoms with van der Waals surface area (Å²) in [5, 5.41) is 0. The van der Waals surface area contributed by atoms with E-state index in [-0.39, 0.29) is 0 Å². The number of nitrogens with zero attached hydrogens (tertiary/aromatic N) is 1. The lowest BCUT2D eigenvalue weighted by atomic mass is 9.73. The minimum atomic E-state index is -4.39. The van der Waals surface area contributed by atoms with Crippen LogP contribution in [0.4, 0.5) is 13.2 Å². The molecule has 27 heavy (non-hydrogen) atoms. The Hall–Kier alpha value is -1.84. The van der Waals surface area contributed by atoms with Crippen molar-refractivity contribution >= 4 is 0 Å². The molecule has 1 heterocycles. The average molecular weight is 375 g/mol. The molecule has 1 aromatic heterocycles. The van der Waals surface area contributed by atoms with Crippen molar-refractivity contribution in [2.75, 3.05) is 0 Å². The van der Waals surface area contributed by atoms with Crippen molar-refractivity contribution in [3.8, 4) is 11.1 Å². The van der Waals surface area contributed by atoms with Gasteiger partial charge in [0.2, 0.25) is 0 Å². The summed E-state index contributed by atoms with van der Waals surface area (Å²) in [5.74, 6) is 2.16. The zero-order valence-corrected chi connectivity index (χ0v) is 16.1. The second-order valence-electron chi connectivity index (χ2n) is 7.91. The highest BCUT2D eigenvalue weighted by atomic mass is 19.4. The second kappa shape index (κ2) is 8.45. The predicted molar refractivity (Wildman–Crippen MR) is 103 cm³/mol. The molecule has 1 aromatic carbocycles. The zero-order chi connectivity index (χ0) is 19.4. The van der Waals surface area contributed by atoms with Crippen LogP contribution in [-0.2, 0) is 6.18 Å². The van der Waals surface area contributed by atoms with Crippen LogP contribution in [-0.4, -0.2) is 4.98 Å². The first-order valence-corrected chi connectivity index (χ1v) is 10.0. The first-order chi connectivity index (χ1) is 12.9. The van der Waals surface area contributed by atoms with Gasteiger partial charge in [0.05, 0.1) is 0 Å². The van der Waals surface area contributed by atoms with Gasteiger partial charge in [-0.15, -0.1) is 0 Å². The van der Waals surface area contributed by atoms with Crippen LogP contribution in [0.5, 0.6) is 0 Å². The molecule has 2 aromatic rings. The van der Waals surface area contributed by atoms with Gasteiger partial charge in [-0.1, -0.05) is 69.9 Å². The second-order valence-corrected chi connectivity index (χ2v) is 7.91. The number of pyridine rings is 1. The maximum atomic E-state index is 12.6. The fourth-order valence-electron chi connectivity index (χ4n) is 4.37. The summed E-state index contributed by atoms with van der Waals surface area (Å²) in [7, 11) is 0. The molecule has 1 aliphatic rings. The van der Waals surface area contributed by atoms with Gasteiger partial charge in [-0.2, -0.15) is 13.2 Å². The van der Waals surface area contributed by atoms with Gasteiger partial charge in [0.1, 0.15) is 5.69 Å². The van der Waals surface area contributed by atoms with Gasteiger partial charge in [0.25, 0.3) is 0 Å². The van der Waals surface area contributed by atoms with Crippen molar-refractivity contribution in [3.63, 3.8) is 0 Å². The third-order valence-electron chi connectivity index (χ3n) is 6.12. The van der Waals surface area contributed by atoms with Crippen molar-refractivity contribution in [2.45, 2.75) is 64.5 Å². The molecule has 0 amide bonds. The molecule has 1 aliphatic carbocycles. The molecule has 1 unspecified atom stereocenters. The molecule has 3 rings (SSSR count). The van der Waals surface area contributed by atoms with Crippen LogP contribution in [0.25, 0.3) is 11.1 Å². The molecule has 1 atom stereocenters. The van der Waals surface area contributed by atoms with Gasteiger partial charge < -0.3 is 0 Å². The first kappa shape index (κ1) is 19.9. The van der Waals surface area contributed by atoms with E-state index in [9.17, 15) is 13.2 Å². The molecule has 4 heteroatoms. The van der Waals surface area contributed by atoms with Crippen LogP contribution in [0.15, 0.2) is 42.6 Å². The van der Waals surface area contributed by atoms with Gasteiger partial charge in [0, 0.05) is 11.8 Å². The summed E-state index contributed by atoms with van der Waals surface area (Å²) in [6.45, 7) is 4.57. The van der Waals surface area contributed by atoms with E-state index in [1.807, 2.05) is 12.1 Å². The largest absolute Gasteiger partial charge is 0.433 e. The Morgan fingerprint density at radius 2 is 1.59 bits per heavy atom. The van der Waals surface area contributed by atoms with E-state index in [1.54, 1.807) is 0 Å². The van der Waals surface area contributed by atoms with Crippen molar-refractivity contribution in [1.29, 1.82) is 0 Å². The summed E-state index contributed by atoms with van der Waals surface area (Å²) >= 11 is 0. The smallest absolute Gasteiger partial charge is 0.251 e. The Morgan fingerprint density at radius 1 is 0.963 bits per heavy atom. The van der Waals surface area contributed by atoms with Crippen molar-refractivity contribution in [2.24, 2.45) is 11.8 Å². The van der Waals surface area contributed by atoms with Gasteiger partial charge in [0.15, 0.2) is 0 Å². The maximum Gasteiger partial charge on any atom is 0.433 e. The molecule has 1 saturated carbocycles. The lowest BCUT2D eigenvalue weighted by Crippen LogP contribution is -2.19. The Kier molecular flexibility index (Phi) is 6.23. The molecule has 0 aliphatic heterocycles. The number of halogens is 3. The van der Waals surface area contributed by atoms with Gasteiger partial charge in [-0.3, -0.25) is 4.98 Å². The highest BCUT2D eigenvalue weighted by molar-refractivity contribution is 5.62. The van der Waals surface area contributed by atoms with E-state index >= 15 is 0 Å². The highest BCUT2D eigenvalue weighted by Gasteiger charge is 2.32. The third kappa shape index (κ3) is 4.91. The summed E-state index contributed by atoms with van der Waals surface area (Å²) in [6.07, 6.45) is 4.84. The van der Waals surface area contributed by atoms with E-state index < -0.39 is 11.9 Å². The number of rotatable bonds is 5. The number of hydrogen-bond donors (Lipinski definition) is 0. The van der Waals surface area contributed by atoms with Gasteiger partial charge in [-0.25, -0.2) is 0 Å². The fraction of sp³-hybridized carbons (Fsp3) is 0.522. The quantitative estimate of drug-likeness (QED) is 0.528. The van der Waals surface area contributed by atoms with E-state index in [0.29, 0.717) is 11.5 Å². The lowest BCUT2D eigenvalue weighted by Gasteiger charge is -2.32. The van der Waals surface area contributed by atoms with Gasteiger partial charge >= 0.3 is 6.18 Å². The molecular formula is C23H28F3N. The highest BCUT2D eigenvalue weighted by Crippen LogP contribution is 2.39. The summed E-state index contributed by atoms with van der Waals surface area (Å²) in [4.78, 5) is 3.55. The average Bonchev–Trinajstić information content (AvgIpc) is 2.68. The number of alkyl halides is 3. The molecule has 1 fully saturated rings. The van der Waals surface area contributed by atoms with Crippen molar-refractivity contribution in [1.82, 2.24) is 4.98 Å². The van der Waals surface area contributed by atoms with E-state index in [0.717, 1.165) is 23.5 Å². The molecule has 0 radical (unpaired) electrons. The molecule has 0 N–H and O–H groups in total. The molecule has 0 bridgehead atoms. The standard InChI is InChI=1S/C23H28F3N/c1-3-4-17-5-7-18(8-6-17)16(2)19-9-11-20(12-10-19)21-13-14-22(27-15-21)23(24,25)26/h9-18H,3-8H2,1-2H3. The van der Waals surface area contributed by atoms with Crippen LogP contribution in [0.2, 0.25) is 0 Å².